The average molecular weight is 468 g/mol. The zero-order valence-electron chi connectivity index (χ0n) is 13.4. The molecule has 1 aliphatic rings. The minimum absolute atomic E-state index is 0.276. The minimum Gasteiger partial charge on any atom is -0.367 e. The number of aromatic nitrogens is 2. The molecule has 2 aromatic heterocycles. The third-order valence-electron chi connectivity index (χ3n) is 4.39. The number of nitrogens with one attached hydrogen (secondary N) is 1. The third-order valence-corrected chi connectivity index (χ3v) is 6.81. The summed E-state index contributed by atoms with van der Waals surface area (Å²) in [7, 11) is -3.64. The molecular formula is C17H17IN4O2S. The van der Waals surface area contributed by atoms with Crippen molar-refractivity contribution in [3.63, 3.8) is 0 Å². The van der Waals surface area contributed by atoms with Crippen LogP contribution in [0.5, 0.6) is 0 Å². The van der Waals surface area contributed by atoms with E-state index in [1.807, 2.05) is 12.3 Å². The Kier molecular flexibility index (Phi) is 4.42. The number of fused-ring (bicyclic) bond motifs is 1. The summed E-state index contributed by atoms with van der Waals surface area (Å²) in [6.07, 6.45) is 5.05. The molecule has 0 saturated carbocycles. The number of anilines is 1. The number of piperazine rings is 1. The molecule has 8 heteroatoms. The van der Waals surface area contributed by atoms with Crippen molar-refractivity contribution in [1.29, 1.82) is 0 Å². The number of halogens is 1. The molecule has 3 heterocycles. The summed E-state index contributed by atoms with van der Waals surface area (Å²) in [5, 5.41) is 4.23. The molecule has 6 nitrogen and oxygen atoms in total. The lowest BCUT2D eigenvalue weighted by Crippen LogP contribution is -2.43. The molecule has 1 aliphatic heterocycles. The third kappa shape index (κ3) is 3.02. The highest BCUT2D eigenvalue weighted by Crippen LogP contribution is 2.29. The van der Waals surface area contributed by atoms with E-state index in [1.54, 1.807) is 36.7 Å². The second-order valence-electron chi connectivity index (χ2n) is 5.90. The Labute approximate surface area is 160 Å². The van der Waals surface area contributed by atoms with Crippen molar-refractivity contribution in [2.45, 2.75) is 4.90 Å². The highest BCUT2D eigenvalue weighted by molar-refractivity contribution is 14.1. The summed E-state index contributed by atoms with van der Waals surface area (Å²) in [6.45, 7) is 3.60. The number of pyridine rings is 1. The Bertz CT molecular complexity index is 1010. The number of hydrogen-bond acceptors (Lipinski definition) is 5. The van der Waals surface area contributed by atoms with Gasteiger partial charge in [-0.3, -0.25) is 4.98 Å². The van der Waals surface area contributed by atoms with Gasteiger partial charge in [0.05, 0.1) is 28.5 Å². The first-order valence-corrected chi connectivity index (χ1v) is 10.5. The van der Waals surface area contributed by atoms with Crippen LogP contribution in [0.4, 0.5) is 5.69 Å². The highest BCUT2D eigenvalue weighted by Gasteiger charge is 2.21. The lowest BCUT2D eigenvalue weighted by Gasteiger charge is -2.29. The second-order valence-corrected chi connectivity index (χ2v) is 8.96. The average Bonchev–Trinajstić information content (AvgIpc) is 3.08. The Balaban J connectivity index is 1.82. The molecule has 0 atom stereocenters. The Hall–Kier alpha value is -1.65. The van der Waals surface area contributed by atoms with Gasteiger partial charge in [0, 0.05) is 41.3 Å². The predicted octanol–water partition coefficient (Wildman–Crippen LogP) is 2.29. The maximum atomic E-state index is 13.0. The van der Waals surface area contributed by atoms with Crippen LogP contribution in [0, 0.1) is 3.57 Å². The van der Waals surface area contributed by atoms with Crippen molar-refractivity contribution in [2.24, 2.45) is 0 Å². The fourth-order valence-corrected chi connectivity index (χ4v) is 4.80. The zero-order valence-corrected chi connectivity index (χ0v) is 16.4. The van der Waals surface area contributed by atoms with Gasteiger partial charge in [-0.25, -0.2) is 12.4 Å². The first-order chi connectivity index (χ1) is 12.1. The fourth-order valence-electron chi connectivity index (χ4n) is 3.11. The van der Waals surface area contributed by atoms with Crippen molar-refractivity contribution in [2.75, 3.05) is 31.1 Å². The molecule has 0 amide bonds. The lowest BCUT2D eigenvalue weighted by atomic mass is 10.2. The van der Waals surface area contributed by atoms with E-state index in [9.17, 15) is 8.42 Å². The summed E-state index contributed by atoms with van der Waals surface area (Å²) in [5.74, 6) is 0. The molecule has 0 radical (unpaired) electrons. The van der Waals surface area contributed by atoms with Crippen LogP contribution >= 0.6 is 22.6 Å². The molecule has 3 aromatic rings. The van der Waals surface area contributed by atoms with Gasteiger partial charge in [-0.1, -0.05) is 0 Å². The Morgan fingerprint density at radius 1 is 1.04 bits per heavy atom. The van der Waals surface area contributed by atoms with Gasteiger partial charge in [0.15, 0.2) is 0 Å². The maximum absolute atomic E-state index is 13.0. The fraction of sp³-hybridized carbons (Fsp3) is 0.235. The van der Waals surface area contributed by atoms with Crippen molar-refractivity contribution in [3.05, 3.63) is 52.5 Å². The molecule has 25 heavy (non-hydrogen) atoms. The Morgan fingerprint density at radius 2 is 1.76 bits per heavy atom. The molecular weight excluding hydrogens is 451 g/mol. The van der Waals surface area contributed by atoms with E-state index in [0.717, 1.165) is 40.8 Å². The van der Waals surface area contributed by atoms with Crippen molar-refractivity contribution in [1.82, 2.24) is 14.3 Å². The molecule has 0 unspecified atom stereocenters. The van der Waals surface area contributed by atoms with E-state index in [0.29, 0.717) is 5.52 Å². The van der Waals surface area contributed by atoms with Crippen LogP contribution in [-0.4, -0.2) is 43.6 Å². The summed E-state index contributed by atoms with van der Waals surface area (Å²) >= 11 is 2.16. The van der Waals surface area contributed by atoms with E-state index >= 15 is 0 Å². The summed E-state index contributed by atoms with van der Waals surface area (Å²) in [6, 6.07) is 8.72. The second kappa shape index (κ2) is 6.58. The van der Waals surface area contributed by atoms with Gasteiger partial charge >= 0.3 is 0 Å². The van der Waals surface area contributed by atoms with E-state index in [4.69, 9.17) is 0 Å². The lowest BCUT2D eigenvalue weighted by molar-refractivity contribution is 0.588. The number of rotatable bonds is 3. The molecule has 1 N–H and O–H groups in total. The van der Waals surface area contributed by atoms with Crippen molar-refractivity contribution in [3.8, 4) is 0 Å². The Morgan fingerprint density at radius 3 is 2.48 bits per heavy atom. The molecule has 1 saturated heterocycles. The molecule has 1 aromatic carbocycles. The summed E-state index contributed by atoms with van der Waals surface area (Å²) in [5.41, 5.74) is 1.59. The van der Waals surface area contributed by atoms with Gasteiger partial charge in [0.25, 0.3) is 10.0 Å². The van der Waals surface area contributed by atoms with E-state index in [-0.39, 0.29) is 4.90 Å². The van der Waals surface area contributed by atoms with E-state index in [2.05, 4.69) is 37.8 Å². The number of nitrogens with zero attached hydrogens (tertiary/aromatic N) is 3. The molecule has 0 bridgehead atoms. The predicted molar refractivity (Wildman–Crippen MR) is 107 cm³/mol. The molecule has 4 rings (SSSR count). The van der Waals surface area contributed by atoms with Gasteiger partial charge in [-0.2, -0.15) is 0 Å². The van der Waals surface area contributed by atoms with Crippen molar-refractivity contribution >= 4 is 49.2 Å². The number of benzene rings is 1. The molecule has 130 valence electrons. The van der Waals surface area contributed by atoms with Crippen LogP contribution in [0.2, 0.25) is 0 Å². The van der Waals surface area contributed by atoms with Crippen LogP contribution in [-0.2, 0) is 10.0 Å². The van der Waals surface area contributed by atoms with Crippen LogP contribution in [0.15, 0.2) is 53.8 Å². The van der Waals surface area contributed by atoms with Gasteiger partial charge in [-0.15, -0.1) is 0 Å². The van der Waals surface area contributed by atoms with Gasteiger partial charge in [0.2, 0.25) is 0 Å². The van der Waals surface area contributed by atoms with E-state index in [1.165, 1.54) is 3.97 Å². The van der Waals surface area contributed by atoms with Gasteiger partial charge in [0.1, 0.15) is 0 Å². The quantitative estimate of drug-likeness (QED) is 0.598. The normalized spacial score (nSPS) is 15.6. The van der Waals surface area contributed by atoms with Gasteiger partial charge < -0.3 is 10.2 Å². The first-order valence-electron chi connectivity index (χ1n) is 7.99. The zero-order chi connectivity index (χ0) is 17.4. The highest BCUT2D eigenvalue weighted by atomic mass is 127. The topological polar surface area (TPSA) is 67.2 Å². The monoisotopic (exact) mass is 468 g/mol. The SMILES string of the molecule is O=S(=O)(c1ccc(I)cc1)n1ccc2c(N3CCNCC3)cncc21. The van der Waals surface area contributed by atoms with Crippen LogP contribution < -0.4 is 10.2 Å². The number of hydrogen-bond donors (Lipinski definition) is 1. The van der Waals surface area contributed by atoms with Crippen molar-refractivity contribution < 1.29 is 8.42 Å². The summed E-state index contributed by atoms with van der Waals surface area (Å²) < 4.78 is 28.4. The van der Waals surface area contributed by atoms with Crippen LogP contribution in [0.3, 0.4) is 0 Å². The smallest absolute Gasteiger partial charge is 0.268 e. The van der Waals surface area contributed by atoms with Gasteiger partial charge in [-0.05, 0) is 52.9 Å². The van der Waals surface area contributed by atoms with Crippen LogP contribution in [0.1, 0.15) is 0 Å². The van der Waals surface area contributed by atoms with E-state index < -0.39 is 10.0 Å². The molecule has 1 fully saturated rings. The minimum atomic E-state index is -3.64. The first kappa shape index (κ1) is 16.8. The standard InChI is InChI=1S/C17H17IN4O2S/c18-13-1-3-14(4-2-13)25(23,24)22-8-5-15-16(11-20-12-17(15)22)21-9-6-19-7-10-21/h1-5,8,11-12,19H,6-7,9-10H2. The largest absolute Gasteiger partial charge is 0.367 e. The maximum Gasteiger partial charge on any atom is 0.268 e. The molecule has 0 spiro atoms. The molecule has 0 aliphatic carbocycles. The summed E-state index contributed by atoms with van der Waals surface area (Å²) in [4.78, 5) is 6.81. The van der Waals surface area contributed by atoms with Crippen LogP contribution in [0.25, 0.3) is 10.9 Å².